The zero-order chi connectivity index (χ0) is 10.0. The first-order chi connectivity index (χ1) is 6.02. The predicted octanol–water partition coefficient (Wildman–Crippen LogP) is 2.71. The minimum atomic E-state index is -0.354. The molecule has 0 heterocycles. The summed E-state index contributed by atoms with van der Waals surface area (Å²) in [5, 5.41) is 9.32. The maximum absolute atomic E-state index is 11.0. The first-order valence-corrected chi connectivity index (χ1v) is 5.05. The molecule has 0 radical (unpaired) electrons. The lowest BCUT2D eigenvalue weighted by atomic mass is 10.1. The lowest BCUT2D eigenvalue weighted by Gasteiger charge is -2.07. The van der Waals surface area contributed by atoms with Gasteiger partial charge in [0.15, 0.2) is 0 Å². The number of phenols is 1. The third-order valence-electron chi connectivity index (χ3n) is 1.65. The van der Waals surface area contributed by atoms with Gasteiger partial charge in [-0.1, -0.05) is 22.0 Å². The number of hydrogen-bond acceptors (Lipinski definition) is 3. The molecule has 1 rings (SSSR count). The molecule has 0 saturated heterocycles. The SMILES string of the molecule is CC(=O)C(Br)c1ccc(S)c(O)c1. The van der Waals surface area contributed by atoms with Gasteiger partial charge in [-0.15, -0.1) is 12.6 Å². The molecule has 0 bridgehead atoms. The van der Waals surface area contributed by atoms with Crippen molar-refractivity contribution in [2.45, 2.75) is 16.6 Å². The number of carbonyl (C=O) groups excluding carboxylic acids is 1. The zero-order valence-electron chi connectivity index (χ0n) is 6.99. The molecule has 0 aromatic heterocycles. The second-order valence-corrected chi connectivity index (χ2v) is 4.12. The lowest BCUT2D eigenvalue weighted by Crippen LogP contribution is -2.00. The second-order valence-electron chi connectivity index (χ2n) is 2.72. The molecule has 1 atom stereocenters. The summed E-state index contributed by atoms with van der Waals surface area (Å²) in [5.41, 5.74) is 0.739. The highest BCUT2D eigenvalue weighted by molar-refractivity contribution is 9.09. The number of rotatable bonds is 2. The van der Waals surface area contributed by atoms with E-state index in [-0.39, 0.29) is 16.4 Å². The molecule has 0 fully saturated rings. The molecule has 70 valence electrons. The summed E-state index contributed by atoms with van der Waals surface area (Å²) in [7, 11) is 0. The Bertz CT molecular complexity index is 338. The molecule has 0 aliphatic carbocycles. The van der Waals surface area contributed by atoms with E-state index >= 15 is 0 Å². The molecule has 0 spiro atoms. The topological polar surface area (TPSA) is 37.3 Å². The number of thiol groups is 1. The third kappa shape index (κ3) is 2.48. The van der Waals surface area contributed by atoms with Gasteiger partial charge in [-0.05, 0) is 24.6 Å². The molecule has 0 amide bonds. The van der Waals surface area contributed by atoms with E-state index in [2.05, 4.69) is 28.6 Å². The Morgan fingerprint density at radius 3 is 2.69 bits per heavy atom. The van der Waals surface area contributed by atoms with Crippen molar-refractivity contribution >= 4 is 34.3 Å². The van der Waals surface area contributed by atoms with Crippen molar-refractivity contribution in [2.75, 3.05) is 0 Å². The number of benzene rings is 1. The van der Waals surface area contributed by atoms with E-state index in [0.29, 0.717) is 4.90 Å². The molecule has 0 aliphatic rings. The van der Waals surface area contributed by atoms with Gasteiger partial charge < -0.3 is 5.11 Å². The summed E-state index contributed by atoms with van der Waals surface area (Å²) in [6, 6.07) is 4.94. The highest BCUT2D eigenvalue weighted by Crippen LogP contribution is 2.29. The van der Waals surface area contributed by atoms with E-state index in [1.165, 1.54) is 13.0 Å². The van der Waals surface area contributed by atoms with Gasteiger partial charge in [-0.3, -0.25) is 4.79 Å². The minimum Gasteiger partial charge on any atom is -0.507 e. The Morgan fingerprint density at radius 1 is 1.62 bits per heavy atom. The van der Waals surface area contributed by atoms with Crippen LogP contribution in [0.15, 0.2) is 23.1 Å². The Kier molecular flexibility index (Phi) is 3.39. The average Bonchev–Trinajstić information content (AvgIpc) is 2.08. The summed E-state index contributed by atoms with van der Waals surface area (Å²) in [6.45, 7) is 1.49. The van der Waals surface area contributed by atoms with Gasteiger partial charge in [0, 0.05) is 4.90 Å². The van der Waals surface area contributed by atoms with E-state index < -0.39 is 0 Å². The summed E-state index contributed by atoms with van der Waals surface area (Å²) in [5.74, 6) is 0.0952. The highest BCUT2D eigenvalue weighted by Gasteiger charge is 2.13. The van der Waals surface area contributed by atoms with Crippen molar-refractivity contribution < 1.29 is 9.90 Å². The van der Waals surface area contributed by atoms with Crippen LogP contribution < -0.4 is 0 Å². The van der Waals surface area contributed by atoms with Gasteiger partial charge in [-0.25, -0.2) is 0 Å². The quantitative estimate of drug-likeness (QED) is 0.634. The van der Waals surface area contributed by atoms with Crippen LogP contribution in [-0.2, 0) is 4.79 Å². The van der Waals surface area contributed by atoms with Crippen LogP contribution in [0.2, 0.25) is 0 Å². The van der Waals surface area contributed by atoms with E-state index in [9.17, 15) is 9.90 Å². The fourth-order valence-corrected chi connectivity index (χ4v) is 1.36. The van der Waals surface area contributed by atoms with E-state index in [4.69, 9.17) is 0 Å². The number of alkyl halides is 1. The van der Waals surface area contributed by atoms with Crippen molar-refractivity contribution in [2.24, 2.45) is 0 Å². The fourth-order valence-electron chi connectivity index (χ4n) is 0.933. The Morgan fingerprint density at radius 2 is 2.23 bits per heavy atom. The summed E-state index contributed by atoms with van der Waals surface area (Å²) >= 11 is 7.24. The average molecular weight is 261 g/mol. The number of Topliss-reactive ketones (excluding diaryl/α,β-unsaturated/α-hetero) is 1. The monoisotopic (exact) mass is 260 g/mol. The number of halogens is 1. The van der Waals surface area contributed by atoms with Crippen LogP contribution in [0, 0.1) is 0 Å². The number of hydrogen-bond donors (Lipinski definition) is 2. The van der Waals surface area contributed by atoms with Gasteiger partial charge in [0.2, 0.25) is 0 Å². The molecule has 2 nitrogen and oxygen atoms in total. The van der Waals surface area contributed by atoms with Crippen LogP contribution in [0.25, 0.3) is 0 Å². The van der Waals surface area contributed by atoms with Crippen molar-refractivity contribution in [3.63, 3.8) is 0 Å². The maximum atomic E-state index is 11.0. The first kappa shape index (κ1) is 10.6. The summed E-state index contributed by atoms with van der Waals surface area (Å²) in [4.78, 5) is 11.1. The van der Waals surface area contributed by atoms with Crippen molar-refractivity contribution in [3.05, 3.63) is 23.8 Å². The second kappa shape index (κ2) is 4.15. The molecule has 1 N–H and O–H groups in total. The standard InChI is InChI=1S/C9H9BrO2S/c1-5(11)9(10)6-2-3-8(13)7(12)4-6/h2-4,9,12-13H,1H3. The van der Waals surface area contributed by atoms with Crippen molar-refractivity contribution in [1.82, 2.24) is 0 Å². The molecular formula is C9H9BrO2S. The van der Waals surface area contributed by atoms with Gasteiger partial charge in [0.1, 0.15) is 11.5 Å². The minimum absolute atomic E-state index is 0.00585. The number of carbonyl (C=O) groups is 1. The summed E-state index contributed by atoms with van der Waals surface area (Å²) < 4.78 is 0. The van der Waals surface area contributed by atoms with Crippen LogP contribution in [0.3, 0.4) is 0 Å². The van der Waals surface area contributed by atoms with Gasteiger partial charge in [0.05, 0.1) is 4.83 Å². The first-order valence-electron chi connectivity index (χ1n) is 3.68. The maximum Gasteiger partial charge on any atom is 0.147 e. The number of phenolic OH excluding ortho intramolecular Hbond substituents is 1. The molecule has 1 aromatic carbocycles. The van der Waals surface area contributed by atoms with Crippen LogP contribution in [-0.4, -0.2) is 10.9 Å². The molecular weight excluding hydrogens is 252 g/mol. The van der Waals surface area contributed by atoms with E-state index in [0.717, 1.165) is 5.56 Å². The third-order valence-corrected chi connectivity index (χ3v) is 3.20. The van der Waals surface area contributed by atoms with Gasteiger partial charge in [-0.2, -0.15) is 0 Å². The fraction of sp³-hybridized carbons (Fsp3) is 0.222. The molecule has 0 aliphatic heterocycles. The largest absolute Gasteiger partial charge is 0.507 e. The normalized spacial score (nSPS) is 12.5. The van der Waals surface area contributed by atoms with Crippen LogP contribution >= 0.6 is 28.6 Å². The molecule has 0 saturated carbocycles. The molecule has 1 unspecified atom stereocenters. The van der Waals surface area contributed by atoms with E-state index in [1.807, 2.05) is 0 Å². The van der Waals surface area contributed by atoms with Gasteiger partial charge >= 0.3 is 0 Å². The number of aromatic hydroxyl groups is 1. The highest BCUT2D eigenvalue weighted by atomic mass is 79.9. The van der Waals surface area contributed by atoms with Crippen LogP contribution in [0.5, 0.6) is 5.75 Å². The van der Waals surface area contributed by atoms with E-state index in [1.54, 1.807) is 12.1 Å². The van der Waals surface area contributed by atoms with Crippen LogP contribution in [0.1, 0.15) is 17.3 Å². The Labute approximate surface area is 90.5 Å². The predicted molar refractivity (Wildman–Crippen MR) is 57.7 cm³/mol. The Hall–Kier alpha value is -0.480. The lowest BCUT2D eigenvalue weighted by molar-refractivity contribution is -0.116. The van der Waals surface area contributed by atoms with Crippen molar-refractivity contribution in [1.29, 1.82) is 0 Å². The van der Waals surface area contributed by atoms with Crippen LogP contribution in [0.4, 0.5) is 0 Å². The van der Waals surface area contributed by atoms with Gasteiger partial charge in [0.25, 0.3) is 0 Å². The molecule has 4 heteroatoms. The number of ketones is 1. The molecule has 13 heavy (non-hydrogen) atoms. The smallest absolute Gasteiger partial charge is 0.147 e. The molecule has 1 aromatic rings. The Balaban J connectivity index is 3.03. The van der Waals surface area contributed by atoms with Crippen molar-refractivity contribution in [3.8, 4) is 5.75 Å². The zero-order valence-corrected chi connectivity index (χ0v) is 9.47. The summed E-state index contributed by atoms with van der Waals surface area (Å²) in [6.07, 6.45) is 0.